The van der Waals surface area contributed by atoms with Crippen LogP contribution in [-0.4, -0.2) is 30.5 Å². The van der Waals surface area contributed by atoms with Crippen molar-refractivity contribution in [1.82, 2.24) is 4.90 Å². The Morgan fingerprint density at radius 2 is 1.96 bits per heavy atom. The highest BCUT2D eigenvalue weighted by molar-refractivity contribution is 5.92. The summed E-state index contributed by atoms with van der Waals surface area (Å²) in [5.74, 6) is 0.902. The maximum atomic E-state index is 12.7. The van der Waals surface area contributed by atoms with E-state index in [1.807, 2.05) is 24.3 Å². The number of likely N-dealkylation sites (tertiary alicyclic amines) is 1. The van der Waals surface area contributed by atoms with Crippen molar-refractivity contribution in [2.45, 2.75) is 26.3 Å². The van der Waals surface area contributed by atoms with E-state index in [9.17, 15) is 4.79 Å². The van der Waals surface area contributed by atoms with Gasteiger partial charge in [-0.2, -0.15) is 0 Å². The van der Waals surface area contributed by atoms with E-state index in [-0.39, 0.29) is 11.8 Å². The largest absolute Gasteiger partial charge is 0.490 e. The van der Waals surface area contributed by atoms with E-state index in [0.717, 1.165) is 43.9 Å². The summed E-state index contributed by atoms with van der Waals surface area (Å²) in [5.41, 5.74) is 3.38. The van der Waals surface area contributed by atoms with Crippen LogP contribution in [0.3, 0.4) is 0 Å². The quantitative estimate of drug-likeness (QED) is 0.740. The molecule has 1 aliphatic rings. The van der Waals surface area contributed by atoms with Crippen molar-refractivity contribution >= 4 is 11.6 Å². The predicted molar refractivity (Wildman–Crippen MR) is 110 cm³/mol. The van der Waals surface area contributed by atoms with Gasteiger partial charge in [0, 0.05) is 18.8 Å². The minimum atomic E-state index is 0.0286. The lowest BCUT2D eigenvalue weighted by atomic mass is 9.96. The van der Waals surface area contributed by atoms with Gasteiger partial charge in [0.05, 0.1) is 5.92 Å². The molecule has 1 heterocycles. The lowest BCUT2D eigenvalue weighted by Gasteiger charge is -2.32. The van der Waals surface area contributed by atoms with Gasteiger partial charge in [-0.1, -0.05) is 42.5 Å². The monoisotopic (exact) mass is 364 g/mol. The fourth-order valence-electron chi connectivity index (χ4n) is 3.40. The van der Waals surface area contributed by atoms with Gasteiger partial charge in [-0.25, -0.2) is 0 Å². The Kier molecular flexibility index (Phi) is 6.66. The molecule has 142 valence electrons. The molecule has 0 aromatic heterocycles. The van der Waals surface area contributed by atoms with Crippen LogP contribution >= 0.6 is 0 Å². The van der Waals surface area contributed by atoms with Crippen molar-refractivity contribution in [3.8, 4) is 5.75 Å². The van der Waals surface area contributed by atoms with Crippen molar-refractivity contribution in [2.24, 2.45) is 5.92 Å². The number of ether oxygens (including phenoxy) is 1. The summed E-state index contributed by atoms with van der Waals surface area (Å²) < 4.78 is 5.47. The fraction of sp³-hybridized carbons (Fsp3) is 0.348. The van der Waals surface area contributed by atoms with Gasteiger partial charge >= 0.3 is 0 Å². The molecule has 1 N–H and O–H groups in total. The molecule has 2 aromatic rings. The number of carbonyl (C=O) groups excluding carboxylic acids is 1. The van der Waals surface area contributed by atoms with Gasteiger partial charge in [-0.05, 0) is 56.1 Å². The molecule has 1 aliphatic heterocycles. The Bertz CT molecular complexity index is 753. The molecular weight excluding hydrogens is 336 g/mol. The fourth-order valence-corrected chi connectivity index (χ4v) is 3.40. The van der Waals surface area contributed by atoms with Crippen LogP contribution in [0, 0.1) is 12.8 Å². The molecule has 0 saturated carbocycles. The second-order valence-corrected chi connectivity index (χ2v) is 7.17. The van der Waals surface area contributed by atoms with Gasteiger partial charge in [0.15, 0.2) is 0 Å². The number of nitrogens with one attached hydrogen (secondary N) is 1. The Labute approximate surface area is 161 Å². The molecule has 1 unspecified atom stereocenters. The van der Waals surface area contributed by atoms with E-state index in [2.05, 4.69) is 48.0 Å². The maximum absolute atomic E-state index is 12.7. The number of anilines is 1. The van der Waals surface area contributed by atoms with Crippen LogP contribution in [0.25, 0.3) is 0 Å². The summed E-state index contributed by atoms with van der Waals surface area (Å²) >= 11 is 0. The van der Waals surface area contributed by atoms with Gasteiger partial charge in [-0.3, -0.25) is 9.69 Å². The van der Waals surface area contributed by atoms with Gasteiger partial charge in [0.25, 0.3) is 0 Å². The van der Waals surface area contributed by atoms with E-state index in [1.165, 1.54) is 11.1 Å². The van der Waals surface area contributed by atoms with Crippen LogP contribution in [0.1, 0.15) is 24.0 Å². The molecule has 1 atom stereocenters. The third-order valence-electron chi connectivity index (χ3n) is 4.89. The topological polar surface area (TPSA) is 41.6 Å². The minimum absolute atomic E-state index is 0.0286. The number of nitrogens with zero attached hydrogens (tertiary/aromatic N) is 1. The molecule has 4 nitrogen and oxygen atoms in total. The standard InChI is InChI=1S/C23H28N2O2/c1-3-15-27-22-12-10-21(11-13-22)24-23(26)20-5-4-14-25(17-20)16-19-8-6-18(2)7-9-19/h3,6-13,20H,1,4-5,14-17H2,2H3,(H,24,26). The number of hydrogen-bond acceptors (Lipinski definition) is 3. The molecule has 0 aliphatic carbocycles. The van der Waals surface area contributed by atoms with Crippen LogP contribution in [-0.2, 0) is 11.3 Å². The lowest BCUT2D eigenvalue weighted by Crippen LogP contribution is -2.40. The van der Waals surface area contributed by atoms with Crippen molar-refractivity contribution in [2.75, 3.05) is 25.0 Å². The Hall–Kier alpha value is -2.59. The zero-order valence-electron chi connectivity index (χ0n) is 16.0. The summed E-state index contributed by atoms with van der Waals surface area (Å²) in [5, 5.41) is 3.05. The molecule has 1 fully saturated rings. The maximum Gasteiger partial charge on any atom is 0.228 e. The molecule has 2 aromatic carbocycles. The normalized spacial score (nSPS) is 17.3. The SMILES string of the molecule is C=CCOc1ccc(NC(=O)C2CCCN(Cc3ccc(C)cc3)C2)cc1. The molecule has 0 radical (unpaired) electrons. The zero-order valence-corrected chi connectivity index (χ0v) is 16.0. The number of benzene rings is 2. The average Bonchev–Trinajstić information content (AvgIpc) is 2.69. The van der Waals surface area contributed by atoms with Crippen molar-refractivity contribution in [3.63, 3.8) is 0 Å². The van der Waals surface area contributed by atoms with E-state index in [1.54, 1.807) is 6.08 Å². The molecule has 4 heteroatoms. The smallest absolute Gasteiger partial charge is 0.228 e. The van der Waals surface area contributed by atoms with E-state index in [4.69, 9.17) is 4.74 Å². The second-order valence-electron chi connectivity index (χ2n) is 7.17. The summed E-state index contributed by atoms with van der Waals surface area (Å²) in [6, 6.07) is 16.1. The van der Waals surface area contributed by atoms with E-state index in [0.29, 0.717) is 6.61 Å². The second kappa shape index (κ2) is 9.38. The van der Waals surface area contributed by atoms with E-state index >= 15 is 0 Å². The average molecular weight is 364 g/mol. The van der Waals surface area contributed by atoms with Gasteiger partial charge in [0.2, 0.25) is 5.91 Å². The molecule has 0 spiro atoms. The minimum Gasteiger partial charge on any atom is -0.490 e. The third-order valence-corrected chi connectivity index (χ3v) is 4.89. The van der Waals surface area contributed by atoms with Gasteiger partial charge in [0.1, 0.15) is 12.4 Å². The first-order chi connectivity index (χ1) is 13.1. The highest BCUT2D eigenvalue weighted by Gasteiger charge is 2.25. The molecule has 1 saturated heterocycles. The molecule has 3 rings (SSSR count). The van der Waals surface area contributed by atoms with Crippen LogP contribution in [0.4, 0.5) is 5.69 Å². The van der Waals surface area contributed by atoms with Crippen molar-refractivity contribution in [1.29, 1.82) is 0 Å². The van der Waals surface area contributed by atoms with Gasteiger partial charge in [-0.15, -0.1) is 0 Å². The predicted octanol–water partition coefficient (Wildman–Crippen LogP) is 4.41. The number of amides is 1. The van der Waals surface area contributed by atoms with Gasteiger partial charge < -0.3 is 10.1 Å². The first-order valence-corrected chi connectivity index (χ1v) is 9.56. The number of piperidine rings is 1. The first kappa shape index (κ1) is 19.2. The highest BCUT2D eigenvalue weighted by Crippen LogP contribution is 2.22. The molecule has 27 heavy (non-hydrogen) atoms. The lowest BCUT2D eigenvalue weighted by molar-refractivity contribution is -0.121. The van der Waals surface area contributed by atoms with Crippen LogP contribution in [0.2, 0.25) is 0 Å². The molecule has 0 bridgehead atoms. The highest BCUT2D eigenvalue weighted by atomic mass is 16.5. The number of aryl methyl sites for hydroxylation is 1. The Morgan fingerprint density at radius 3 is 2.67 bits per heavy atom. The van der Waals surface area contributed by atoms with Crippen LogP contribution < -0.4 is 10.1 Å². The zero-order chi connectivity index (χ0) is 19.1. The van der Waals surface area contributed by atoms with Crippen LogP contribution in [0.15, 0.2) is 61.2 Å². The third kappa shape index (κ3) is 5.69. The van der Waals surface area contributed by atoms with Crippen molar-refractivity contribution in [3.05, 3.63) is 72.3 Å². The number of hydrogen-bond donors (Lipinski definition) is 1. The molecular formula is C23H28N2O2. The summed E-state index contributed by atoms with van der Waals surface area (Å²) in [6.45, 7) is 8.97. The summed E-state index contributed by atoms with van der Waals surface area (Å²) in [6.07, 6.45) is 3.70. The number of rotatable bonds is 7. The van der Waals surface area contributed by atoms with E-state index < -0.39 is 0 Å². The number of carbonyl (C=O) groups is 1. The van der Waals surface area contributed by atoms with Crippen LogP contribution in [0.5, 0.6) is 5.75 Å². The molecule has 1 amide bonds. The Balaban J connectivity index is 1.53. The van der Waals surface area contributed by atoms with Crippen molar-refractivity contribution < 1.29 is 9.53 Å². The first-order valence-electron chi connectivity index (χ1n) is 9.56. The summed E-state index contributed by atoms with van der Waals surface area (Å²) in [7, 11) is 0. The summed E-state index contributed by atoms with van der Waals surface area (Å²) in [4.78, 5) is 15.1. The Morgan fingerprint density at radius 1 is 1.22 bits per heavy atom.